The van der Waals surface area contributed by atoms with Gasteiger partial charge in [-0.2, -0.15) is 0 Å². The van der Waals surface area contributed by atoms with E-state index in [0.29, 0.717) is 12.5 Å². The molecule has 5 heteroatoms. The van der Waals surface area contributed by atoms with Crippen LogP contribution in [-0.4, -0.2) is 50.3 Å². The number of nitrogens with zero attached hydrogens (tertiary/aromatic N) is 1. The van der Waals surface area contributed by atoms with E-state index < -0.39 is 0 Å². The quantitative estimate of drug-likeness (QED) is 0.715. The molecule has 0 bridgehead atoms. The van der Waals surface area contributed by atoms with Crippen LogP contribution in [0.15, 0.2) is 42.5 Å². The molecule has 3 rings (SSSR count). The Morgan fingerprint density at radius 1 is 1.07 bits per heavy atom. The van der Waals surface area contributed by atoms with Crippen molar-refractivity contribution in [3.63, 3.8) is 0 Å². The van der Waals surface area contributed by atoms with Gasteiger partial charge in [0.05, 0.1) is 19.3 Å². The summed E-state index contributed by atoms with van der Waals surface area (Å²) in [5.41, 5.74) is 4.77. The molecule has 5 nitrogen and oxygen atoms in total. The van der Waals surface area contributed by atoms with Crippen molar-refractivity contribution in [3.8, 4) is 5.75 Å². The monoisotopic (exact) mass is 410 g/mol. The van der Waals surface area contributed by atoms with E-state index in [2.05, 4.69) is 48.3 Å². The molecule has 0 saturated carbocycles. The highest BCUT2D eigenvalue weighted by Crippen LogP contribution is 2.24. The van der Waals surface area contributed by atoms with Crippen LogP contribution < -0.4 is 10.1 Å². The standard InChI is InChI=1S/C25H34N2O3/c1-18(2)21-8-10-22(11-9-21)23(27-12-14-29-15-13-27)16-26-25(28)17-30-24-7-5-6-19(3)20(24)4/h5-11,18,23H,12-17H2,1-4H3,(H,26,28)/t23-/m0/s1. The van der Waals surface area contributed by atoms with Gasteiger partial charge in [0.2, 0.25) is 0 Å². The summed E-state index contributed by atoms with van der Waals surface area (Å²) in [7, 11) is 0. The van der Waals surface area contributed by atoms with E-state index in [1.165, 1.54) is 11.1 Å². The van der Waals surface area contributed by atoms with Gasteiger partial charge < -0.3 is 14.8 Å². The van der Waals surface area contributed by atoms with Crippen molar-refractivity contribution >= 4 is 5.91 Å². The molecule has 0 unspecified atom stereocenters. The van der Waals surface area contributed by atoms with Crippen molar-refractivity contribution in [2.45, 2.75) is 39.7 Å². The molecule has 1 amide bonds. The third-order valence-electron chi connectivity index (χ3n) is 5.88. The van der Waals surface area contributed by atoms with Crippen LogP contribution in [0.2, 0.25) is 0 Å². The van der Waals surface area contributed by atoms with Crippen LogP contribution in [0.3, 0.4) is 0 Å². The zero-order chi connectivity index (χ0) is 21.5. The van der Waals surface area contributed by atoms with E-state index in [1.807, 2.05) is 32.0 Å². The van der Waals surface area contributed by atoms with E-state index in [0.717, 1.165) is 43.2 Å². The average Bonchev–Trinajstić information content (AvgIpc) is 2.76. The van der Waals surface area contributed by atoms with E-state index in [4.69, 9.17) is 9.47 Å². The lowest BCUT2D eigenvalue weighted by atomic mass is 9.98. The number of amides is 1. The fraction of sp³-hybridized carbons (Fsp3) is 0.480. The van der Waals surface area contributed by atoms with Crippen LogP contribution in [0.4, 0.5) is 0 Å². The van der Waals surface area contributed by atoms with E-state index in [9.17, 15) is 4.79 Å². The van der Waals surface area contributed by atoms with Gasteiger partial charge in [-0.3, -0.25) is 9.69 Å². The maximum absolute atomic E-state index is 12.5. The van der Waals surface area contributed by atoms with Gasteiger partial charge in [0, 0.05) is 19.6 Å². The summed E-state index contributed by atoms with van der Waals surface area (Å²) in [6.07, 6.45) is 0. The number of hydrogen-bond donors (Lipinski definition) is 1. The van der Waals surface area contributed by atoms with Crippen molar-refractivity contribution in [3.05, 3.63) is 64.7 Å². The predicted molar refractivity (Wildman–Crippen MR) is 120 cm³/mol. The van der Waals surface area contributed by atoms with Crippen LogP contribution in [0, 0.1) is 13.8 Å². The molecule has 1 heterocycles. The van der Waals surface area contributed by atoms with Gasteiger partial charge in [-0.25, -0.2) is 0 Å². The summed E-state index contributed by atoms with van der Waals surface area (Å²) in [6.45, 7) is 12.2. The molecule has 2 aromatic rings. The van der Waals surface area contributed by atoms with Gasteiger partial charge in [-0.15, -0.1) is 0 Å². The minimum Gasteiger partial charge on any atom is -0.483 e. The Labute approximate surface area is 180 Å². The summed E-state index contributed by atoms with van der Waals surface area (Å²) in [5.74, 6) is 1.16. The zero-order valence-electron chi connectivity index (χ0n) is 18.6. The van der Waals surface area contributed by atoms with E-state index in [-0.39, 0.29) is 18.6 Å². The SMILES string of the molecule is Cc1cccc(OCC(=O)NC[C@@H](c2ccc(C(C)C)cc2)N2CCOCC2)c1C. The first kappa shape index (κ1) is 22.3. The Hall–Kier alpha value is -2.37. The first-order valence-corrected chi connectivity index (χ1v) is 10.8. The number of rotatable bonds is 8. The van der Waals surface area contributed by atoms with Crippen molar-refractivity contribution in [2.24, 2.45) is 0 Å². The largest absolute Gasteiger partial charge is 0.483 e. The number of hydrogen-bond acceptors (Lipinski definition) is 4. The normalized spacial score (nSPS) is 15.8. The lowest BCUT2D eigenvalue weighted by Gasteiger charge is -2.35. The Morgan fingerprint density at radius 2 is 1.73 bits per heavy atom. The van der Waals surface area contributed by atoms with Crippen LogP contribution >= 0.6 is 0 Å². The maximum atomic E-state index is 12.5. The molecule has 30 heavy (non-hydrogen) atoms. The molecular formula is C25H34N2O3. The Bertz CT molecular complexity index is 827. The number of carbonyl (C=O) groups is 1. The highest BCUT2D eigenvalue weighted by atomic mass is 16.5. The molecule has 0 radical (unpaired) electrons. The fourth-order valence-electron chi connectivity index (χ4n) is 3.74. The second kappa shape index (κ2) is 10.6. The lowest BCUT2D eigenvalue weighted by molar-refractivity contribution is -0.123. The van der Waals surface area contributed by atoms with E-state index >= 15 is 0 Å². The number of benzene rings is 2. The third kappa shape index (κ3) is 5.83. The third-order valence-corrected chi connectivity index (χ3v) is 5.88. The second-order valence-corrected chi connectivity index (χ2v) is 8.28. The van der Waals surface area contributed by atoms with Crippen molar-refractivity contribution < 1.29 is 14.3 Å². The minimum atomic E-state index is -0.104. The molecule has 0 aromatic heterocycles. The van der Waals surface area contributed by atoms with Gasteiger partial charge >= 0.3 is 0 Å². The fourth-order valence-corrected chi connectivity index (χ4v) is 3.74. The minimum absolute atomic E-state index is 0.0202. The highest BCUT2D eigenvalue weighted by Gasteiger charge is 2.23. The van der Waals surface area contributed by atoms with Gasteiger partial charge in [-0.1, -0.05) is 50.2 Å². The Morgan fingerprint density at radius 3 is 2.40 bits per heavy atom. The van der Waals surface area contributed by atoms with Crippen molar-refractivity contribution in [1.29, 1.82) is 0 Å². The Balaban J connectivity index is 1.62. The van der Waals surface area contributed by atoms with Crippen LogP contribution in [0.5, 0.6) is 5.75 Å². The molecule has 1 aliphatic heterocycles. The van der Waals surface area contributed by atoms with Gasteiger partial charge in [-0.05, 0) is 48.1 Å². The van der Waals surface area contributed by atoms with E-state index in [1.54, 1.807) is 0 Å². The summed E-state index contributed by atoms with van der Waals surface area (Å²) in [4.78, 5) is 14.9. The molecular weight excluding hydrogens is 376 g/mol. The number of ether oxygens (including phenoxy) is 2. The summed E-state index contributed by atoms with van der Waals surface area (Å²) in [6, 6.07) is 14.8. The summed E-state index contributed by atoms with van der Waals surface area (Å²) < 4.78 is 11.3. The molecule has 1 saturated heterocycles. The number of nitrogens with one attached hydrogen (secondary N) is 1. The highest BCUT2D eigenvalue weighted by molar-refractivity contribution is 5.77. The molecule has 1 aliphatic rings. The molecule has 1 atom stereocenters. The van der Waals surface area contributed by atoms with Gasteiger partial charge in [0.15, 0.2) is 6.61 Å². The number of aryl methyl sites for hydroxylation is 1. The second-order valence-electron chi connectivity index (χ2n) is 8.28. The number of morpholine rings is 1. The molecule has 0 aliphatic carbocycles. The predicted octanol–water partition coefficient (Wildman–Crippen LogP) is 4.00. The molecule has 2 aromatic carbocycles. The lowest BCUT2D eigenvalue weighted by Crippen LogP contribution is -2.44. The molecule has 1 fully saturated rings. The first-order valence-electron chi connectivity index (χ1n) is 10.8. The first-order chi connectivity index (χ1) is 14.5. The smallest absolute Gasteiger partial charge is 0.258 e. The summed E-state index contributed by atoms with van der Waals surface area (Å²) >= 11 is 0. The number of carbonyl (C=O) groups excluding carboxylic acids is 1. The van der Waals surface area contributed by atoms with Crippen LogP contribution in [-0.2, 0) is 9.53 Å². The topological polar surface area (TPSA) is 50.8 Å². The molecule has 162 valence electrons. The van der Waals surface area contributed by atoms with Gasteiger partial charge in [0.25, 0.3) is 5.91 Å². The van der Waals surface area contributed by atoms with Crippen LogP contribution in [0.25, 0.3) is 0 Å². The summed E-state index contributed by atoms with van der Waals surface area (Å²) in [5, 5.41) is 3.07. The van der Waals surface area contributed by atoms with Crippen molar-refractivity contribution in [2.75, 3.05) is 39.5 Å². The average molecular weight is 411 g/mol. The molecule has 0 spiro atoms. The van der Waals surface area contributed by atoms with Crippen LogP contribution in [0.1, 0.15) is 48.1 Å². The zero-order valence-corrected chi connectivity index (χ0v) is 18.6. The maximum Gasteiger partial charge on any atom is 0.258 e. The molecule has 1 N–H and O–H groups in total. The van der Waals surface area contributed by atoms with Crippen molar-refractivity contribution in [1.82, 2.24) is 10.2 Å². The Kier molecular flexibility index (Phi) is 7.88. The van der Waals surface area contributed by atoms with Gasteiger partial charge in [0.1, 0.15) is 5.75 Å².